The van der Waals surface area contributed by atoms with E-state index in [4.69, 9.17) is 5.73 Å². The lowest BCUT2D eigenvalue weighted by Gasteiger charge is -2.11. The Morgan fingerprint density at radius 2 is 2.22 bits per heavy atom. The van der Waals surface area contributed by atoms with Crippen molar-refractivity contribution in [2.75, 3.05) is 0 Å². The molecule has 5 nitrogen and oxygen atoms in total. The third-order valence-electron chi connectivity index (χ3n) is 2.95. The molecule has 0 spiro atoms. The minimum atomic E-state index is -0.100. The Kier molecular flexibility index (Phi) is 4.08. The van der Waals surface area contributed by atoms with Gasteiger partial charge in [0, 0.05) is 25.7 Å². The minimum Gasteiger partial charge on any atom is -0.324 e. The topological polar surface area (TPSA) is 69.6 Å². The lowest BCUT2D eigenvalue weighted by molar-refractivity contribution is 0.634. The number of hydrogen-bond acceptors (Lipinski definition) is 4. The number of hydrogen-bond donors (Lipinski definition) is 1. The van der Waals surface area contributed by atoms with Crippen LogP contribution in [0.1, 0.15) is 29.9 Å². The highest BCUT2D eigenvalue weighted by Gasteiger charge is 2.16. The van der Waals surface area contributed by atoms with Gasteiger partial charge >= 0.3 is 0 Å². The molecule has 2 N–H and O–H groups in total. The summed E-state index contributed by atoms with van der Waals surface area (Å²) in [5, 5.41) is 12.1. The van der Waals surface area contributed by atoms with E-state index in [0.717, 1.165) is 34.3 Å². The maximum Gasteiger partial charge on any atom is 0.0766 e. The molecule has 0 fully saturated rings. The van der Waals surface area contributed by atoms with Gasteiger partial charge in [0.05, 0.1) is 22.1 Å². The highest BCUT2D eigenvalue weighted by atomic mass is 79.9. The quantitative estimate of drug-likeness (QED) is 0.934. The molecule has 0 aromatic carbocycles. The van der Waals surface area contributed by atoms with Crippen molar-refractivity contribution in [3.05, 3.63) is 39.9 Å². The Morgan fingerprint density at radius 1 is 1.44 bits per heavy atom. The van der Waals surface area contributed by atoms with Crippen LogP contribution >= 0.6 is 15.9 Å². The first-order chi connectivity index (χ1) is 8.63. The van der Waals surface area contributed by atoms with Gasteiger partial charge in [0.2, 0.25) is 0 Å². The van der Waals surface area contributed by atoms with Crippen molar-refractivity contribution in [3.8, 4) is 0 Å². The molecule has 1 unspecified atom stereocenters. The zero-order valence-electron chi connectivity index (χ0n) is 10.5. The number of aromatic nitrogens is 4. The smallest absolute Gasteiger partial charge is 0.0766 e. The third-order valence-corrected chi connectivity index (χ3v) is 3.87. The van der Waals surface area contributed by atoms with Crippen molar-refractivity contribution >= 4 is 15.9 Å². The van der Waals surface area contributed by atoms with Crippen molar-refractivity contribution in [3.63, 3.8) is 0 Å². The van der Waals surface area contributed by atoms with Crippen molar-refractivity contribution < 1.29 is 0 Å². The molecule has 0 amide bonds. The monoisotopic (exact) mass is 309 g/mol. The van der Waals surface area contributed by atoms with Crippen LogP contribution in [0, 0.1) is 0 Å². The van der Waals surface area contributed by atoms with E-state index in [0.29, 0.717) is 0 Å². The zero-order chi connectivity index (χ0) is 13.1. The van der Waals surface area contributed by atoms with Crippen LogP contribution in [0.25, 0.3) is 0 Å². The standard InChI is InChI=1S/C12H16BrN5/c1-3-10-12(13)11(18(2)17-10)6-9(14)8-4-5-15-16-7-8/h4-5,7,9H,3,6,14H2,1-2H3. The predicted molar refractivity (Wildman–Crippen MR) is 73.0 cm³/mol. The largest absolute Gasteiger partial charge is 0.324 e. The number of nitrogens with zero attached hydrogens (tertiary/aromatic N) is 4. The Hall–Kier alpha value is -1.27. The summed E-state index contributed by atoms with van der Waals surface area (Å²) < 4.78 is 2.95. The average molecular weight is 310 g/mol. The summed E-state index contributed by atoms with van der Waals surface area (Å²) in [4.78, 5) is 0. The average Bonchev–Trinajstić information content (AvgIpc) is 2.67. The summed E-state index contributed by atoms with van der Waals surface area (Å²) in [7, 11) is 1.94. The molecule has 0 radical (unpaired) electrons. The van der Waals surface area contributed by atoms with E-state index in [-0.39, 0.29) is 6.04 Å². The highest BCUT2D eigenvalue weighted by Crippen LogP contribution is 2.25. The van der Waals surface area contributed by atoms with Crippen molar-refractivity contribution in [1.82, 2.24) is 20.0 Å². The van der Waals surface area contributed by atoms with E-state index in [9.17, 15) is 0 Å². The molecule has 96 valence electrons. The SMILES string of the molecule is CCc1nn(C)c(CC(N)c2ccnnc2)c1Br. The summed E-state index contributed by atoms with van der Waals surface area (Å²) in [5.41, 5.74) is 9.34. The van der Waals surface area contributed by atoms with Crippen LogP contribution in [0.15, 0.2) is 22.9 Å². The predicted octanol–water partition coefficient (Wildman–Crippen LogP) is 1.78. The molecule has 0 saturated carbocycles. The molecule has 2 aromatic rings. The lowest BCUT2D eigenvalue weighted by Crippen LogP contribution is -2.16. The second kappa shape index (κ2) is 5.58. The van der Waals surface area contributed by atoms with Crippen LogP contribution in [0.2, 0.25) is 0 Å². The Labute approximate surface area is 115 Å². The van der Waals surface area contributed by atoms with E-state index in [1.165, 1.54) is 0 Å². The highest BCUT2D eigenvalue weighted by molar-refractivity contribution is 9.10. The van der Waals surface area contributed by atoms with Crippen molar-refractivity contribution in [2.45, 2.75) is 25.8 Å². The van der Waals surface area contributed by atoms with Crippen molar-refractivity contribution in [2.24, 2.45) is 12.8 Å². The number of aryl methyl sites for hydroxylation is 2. The van der Waals surface area contributed by atoms with Gasteiger partial charge in [0.1, 0.15) is 0 Å². The first kappa shape index (κ1) is 13.2. The number of halogens is 1. The fourth-order valence-electron chi connectivity index (χ4n) is 1.89. The molecule has 0 saturated heterocycles. The van der Waals surface area contributed by atoms with Gasteiger partial charge in [-0.3, -0.25) is 4.68 Å². The number of rotatable bonds is 4. The zero-order valence-corrected chi connectivity index (χ0v) is 12.1. The molecule has 6 heteroatoms. The first-order valence-electron chi connectivity index (χ1n) is 5.85. The summed E-state index contributed by atoms with van der Waals surface area (Å²) in [5.74, 6) is 0. The first-order valence-corrected chi connectivity index (χ1v) is 6.65. The second-order valence-electron chi connectivity index (χ2n) is 4.17. The fraction of sp³-hybridized carbons (Fsp3) is 0.417. The third kappa shape index (κ3) is 2.59. The van der Waals surface area contributed by atoms with Crippen LogP contribution in [0.5, 0.6) is 0 Å². The van der Waals surface area contributed by atoms with Gasteiger partial charge in [0.25, 0.3) is 0 Å². The van der Waals surface area contributed by atoms with Crippen LogP contribution in [0.4, 0.5) is 0 Å². The van der Waals surface area contributed by atoms with Gasteiger partial charge < -0.3 is 5.73 Å². The van der Waals surface area contributed by atoms with Gasteiger partial charge in [0.15, 0.2) is 0 Å². The molecule has 0 aliphatic carbocycles. The molecule has 18 heavy (non-hydrogen) atoms. The minimum absolute atomic E-state index is 0.100. The molecule has 2 rings (SSSR count). The Bertz CT molecular complexity index is 523. The van der Waals surface area contributed by atoms with E-state index < -0.39 is 0 Å². The van der Waals surface area contributed by atoms with Gasteiger partial charge in [-0.05, 0) is 34.0 Å². The van der Waals surface area contributed by atoms with Crippen LogP contribution < -0.4 is 5.73 Å². The summed E-state index contributed by atoms with van der Waals surface area (Å²) in [6.07, 6.45) is 4.98. The summed E-state index contributed by atoms with van der Waals surface area (Å²) in [6, 6.07) is 1.79. The second-order valence-corrected chi connectivity index (χ2v) is 4.96. The molecular weight excluding hydrogens is 294 g/mol. The molecular formula is C12H16BrN5. The van der Waals surface area contributed by atoms with E-state index in [1.54, 1.807) is 12.4 Å². The summed E-state index contributed by atoms with van der Waals surface area (Å²) in [6.45, 7) is 2.09. The fourth-order valence-corrected chi connectivity index (χ4v) is 2.67. The van der Waals surface area contributed by atoms with Crippen LogP contribution in [-0.4, -0.2) is 20.0 Å². The number of nitrogens with two attached hydrogens (primary N) is 1. The molecule has 0 bridgehead atoms. The normalized spacial score (nSPS) is 12.7. The van der Waals surface area contributed by atoms with Gasteiger partial charge in [-0.1, -0.05) is 6.92 Å². The van der Waals surface area contributed by atoms with E-state index >= 15 is 0 Å². The molecule has 1 atom stereocenters. The van der Waals surface area contributed by atoms with E-state index in [2.05, 4.69) is 38.1 Å². The van der Waals surface area contributed by atoms with Crippen LogP contribution in [-0.2, 0) is 19.9 Å². The molecule has 2 aromatic heterocycles. The van der Waals surface area contributed by atoms with Gasteiger partial charge in [-0.15, -0.1) is 0 Å². The Morgan fingerprint density at radius 3 is 2.78 bits per heavy atom. The molecule has 0 aliphatic rings. The summed E-state index contributed by atoms with van der Waals surface area (Å²) >= 11 is 3.60. The lowest BCUT2D eigenvalue weighted by atomic mass is 10.1. The van der Waals surface area contributed by atoms with Crippen molar-refractivity contribution in [1.29, 1.82) is 0 Å². The Balaban J connectivity index is 2.22. The van der Waals surface area contributed by atoms with E-state index in [1.807, 2.05) is 17.8 Å². The maximum atomic E-state index is 6.19. The van der Waals surface area contributed by atoms with Gasteiger partial charge in [-0.25, -0.2) is 0 Å². The van der Waals surface area contributed by atoms with Gasteiger partial charge in [-0.2, -0.15) is 15.3 Å². The molecule has 0 aliphatic heterocycles. The van der Waals surface area contributed by atoms with Crippen LogP contribution in [0.3, 0.4) is 0 Å². The molecule has 2 heterocycles. The maximum absolute atomic E-state index is 6.19.